The van der Waals surface area contributed by atoms with E-state index in [-0.39, 0.29) is 11.5 Å². The number of nitrogens with zero attached hydrogens (tertiary/aromatic N) is 3. The summed E-state index contributed by atoms with van der Waals surface area (Å²) in [6.45, 7) is 8.33. The maximum absolute atomic E-state index is 13.5. The lowest BCUT2D eigenvalue weighted by Gasteiger charge is -2.29. The number of oxime groups is 1. The number of hydrogen-bond acceptors (Lipinski definition) is 9. The second kappa shape index (κ2) is 10.6. The number of aromatic nitrogens is 1. The molecule has 2 N–H and O–H groups in total. The van der Waals surface area contributed by atoms with Gasteiger partial charge in [0.05, 0.1) is 47.8 Å². The molecule has 0 bridgehead atoms. The van der Waals surface area contributed by atoms with E-state index in [1.807, 2.05) is 51.1 Å². The second-order valence-corrected chi connectivity index (χ2v) is 10.5. The van der Waals surface area contributed by atoms with Gasteiger partial charge in [-0.25, -0.2) is 4.98 Å². The van der Waals surface area contributed by atoms with Crippen LogP contribution >= 0.6 is 11.6 Å². The molecule has 0 saturated carbocycles. The molecule has 2 aliphatic heterocycles. The topological polar surface area (TPSA) is 109 Å². The summed E-state index contributed by atoms with van der Waals surface area (Å²) in [4.78, 5) is 20.2. The largest absolute Gasteiger partial charge is 0.583 e. The molecule has 1 fully saturated rings. The lowest BCUT2D eigenvalue weighted by atomic mass is 9.75. The number of hydrogen-bond donors (Lipinski definition) is 2. The van der Waals surface area contributed by atoms with E-state index in [0.717, 1.165) is 27.9 Å². The van der Waals surface area contributed by atoms with Crippen LogP contribution in [0.15, 0.2) is 56.8 Å². The van der Waals surface area contributed by atoms with E-state index in [1.165, 1.54) is 0 Å². The minimum atomic E-state index is -1.12. The van der Waals surface area contributed by atoms with Crippen molar-refractivity contribution < 1.29 is 18.9 Å². The van der Waals surface area contributed by atoms with Crippen molar-refractivity contribution in [1.82, 2.24) is 4.98 Å². The molecular weight excluding hydrogens is 531 g/mol. The van der Waals surface area contributed by atoms with Crippen molar-refractivity contribution in [2.75, 3.05) is 36.5 Å². The fourth-order valence-corrected chi connectivity index (χ4v) is 5.44. The number of morpholine rings is 1. The third-order valence-electron chi connectivity index (χ3n) is 7.34. The van der Waals surface area contributed by atoms with Gasteiger partial charge in [-0.2, -0.15) is 0 Å². The van der Waals surface area contributed by atoms with E-state index in [0.29, 0.717) is 65.0 Å². The third-order valence-corrected chi connectivity index (χ3v) is 7.55. The zero-order valence-corrected chi connectivity index (χ0v) is 23.2. The molecule has 1 saturated heterocycles. The Morgan fingerprint density at radius 3 is 2.73 bits per heavy atom. The van der Waals surface area contributed by atoms with Gasteiger partial charge in [0.1, 0.15) is 10.7 Å². The number of aryl methyl sites for hydroxylation is 1. The first-order chi connectivity index (χ1) is 19.3. The SMILES string of the molecule is Cc1cc([C@H](C)Nc2ccc(Cl)nc2-c2ccc3c(c2)C=NOB3O)c2oc(N3CCOCC3)c(C)c(=O)c2c1. The third kappa shape index (κ3) is 4.83. The zero-order valence-electron chi connectivity index (χ0n) is 22.4. The molecule has 1 atom stereocenters. The molecule has 2 aromatic heterocycles. The summed E-state index contributed by atoms with van der Waals surface area (Å²) in [7, 11) is -1.12. The average Bonchev–Trinajstić information content (AvgIpc) is 2.96. The molecule has 11 heteroatoms. The number of fused-ring (bicyclic) bond motifs is 2. The van der Waals surface area contributed by atoms with Crippen LogP contribution in [0.1, 0.15) is 35.2 Å². The maximum Gasteiger partial charge on any atom is 0.583 e. The molecule has 0 spiro atoms. The average molecular weight is 559 g/mol. The smallest absolute Gasteiger partial charge is 0.440 e. The van der Waals surface area contributed by atoms with Crippen molar-refractivity contribution in [3.63, 3.8) is 0 Å². The van der Waals surface area contributed by atoms with E-state index in [9.17, 15) is 9.82 Å². The number of rotatable bonds is 5. The molecule has 2 aromatic carbocycles. The summed E-state index contributed by atoms with van der Waals surface area (Å²) in [6, 6.07) is 12.8. The van der Waals surface area contributed by atoms with Gasteiger partial charge < -0.3 is 29.1 Å². The van der Waals surface area contributed by atoms with Crippen LogP contribution in [0.3, 0.4) is 0 Å². The summed E-state index contributed by atoms with van der Waals surface area (Å²) < 4.78 is 16.9. The summed E-state index contributed by atoms with van der Waals surface area (Å²) in [5.74, 6) is 0.592. The van der Waals surface area contributed by atoms with Crippen LogP contribution in [-0.4, -0.2) is 49.6 Å². The van der Waals surface area contributed by atoms with Crippen molar-refractivity contribution >= 4 is 52.9 Å². The fourth-order valence-electron chi connectivity index (χ4n) is 5.29. The molecular formula is C29H28BClN4O5. The Morgan fingerprint density at radius 2 is 1.93 bits per heavy atom. The number of pyridine rings is 1. The molecule has 9 nitrogen and oxygen atoms in total. The van der Waals surface area contributed by atoms with E-state index in [4.69, 9.17) is 25.5 Å². The first kappa shape index (κ1) is 26.4. The van der Waals surface area contributed by atoms with Crippen LogP contribution in [0.2, 0.25) is 5.15 Å². The first-order valence-electron chi connectivity index (χ1n) is 13.2. The van der Waals surface area contributed by atoms with Crippen molar-refractivity contribution in [1.29, 1.82) is 0 Å². The molecule has 4 heterocycles. The number of halogens is 1. The van der Waals surface area contributed by atoms with Crippen LogP contribution in [0, 0.1) is 13.8 Å². The molecule has 2 aliphatic rings. The Hall–Kier alpha value is -3.86. The number of anilines is 2. The molecule has 0 amide bonds. The molecule has 0 radical (unpaired) electrons. The van der Waals surface area contributed by atoms with E-state index >= 15 is 0 Å². The molecule has 6 rings (SSSR count). The minimum absolute atomic E-state index is 0.0318. The Bertz CT molecular complexity index is 1700. The predicted molar refractivity (Wildman–Crippen MR) is 158 cm³/mol. The number of benzene rings is 2. The van der Waals surface area contributed by atoms with Gasteiger partial charge in [-0.15, -0.1) is 5.16 Å². The minimum Gasteiger partial charge on any atom is -0.440 e. The van der Waals surface area contributed by atoms with Gasteiger partial charge in [-0.1, -0.05) is 29.8 Å². The van der Waals surface area contributed by atoms with Gasteiger partial charge in [0.2, 0.25) is 5.88 Å². The van der Waals surface area contributed by atoms with Crippen LogP contribution in [0.25, 0.3) is 22.2 Å². The molecule has 0 aliphatic carbocycles. The fraction of sp³-hybridized carbons (Fsp3) is 0.276. The highest BCUT2D eigenvalue weighted by Crippen LogP contribution is 2.35. The van der Waals surface area contributed by atoms with Gasteiger partial charge >= 0.3 is 7.12 Å². The van der Waals surface area contributed by atoms with Crippen molar-refractivity contribution in [2.24, 2.45) is 5.16 Å². The molecule has 0 unspecified atom stereocenters. The van der Waals surface area contributed by atoms with E-state index in [2.05, 4.69) is 20.4 Å². The number of ether oxygens (including phenoxy) is 1. The quantitative estimate of drug-likeness (QED) is 0.277. The van der Waals surface area contributed by atoms with Gasteiger partial charge in [0.25, 0.3) is 0 Å². The Morgan fingerprint density at radius 1 is 1.12 bits per heavy atom. The Labute approximate surface area is 236 Å². The zero-order chi connectivity index (χ0) is 28.0. The summed E-state index contributed by atoms with van der Waals surface area (Å²) >= 11 is 6.32. The molecule has 4 aromatic rings. The van der Waals surface area contributed by atoms with E-state index < -0.39 is 7.12 Å². The molecule has 204 valence electrons. The monoisotopic (exact) mass is 558 g/mol. The normalized spacial score (nSPS) is 15.6. The molecule has 40 heavy (non-hydrogen) atoms. The number of nitrogens with one attached hydrogen (secondary N) is 1. The van der Waals surface area contributed by atoms with Crippen LogP contribution in [0.4, 0.5) is 11.6 Å². The highest BCUT2D eigenvalue weighted by molar-refractivity contribution is 6.62. The van der Waals surface area contributed by atoms with Gasteiger partial charge in [-0.05, 0) is 56.2 Å². The van der Waals surface area contributed by atoms with Crippen LogP contribution in [-0.2, 0) is 9.49 Å². The summed E-state index contributed by atoms with van der Waals surface area (Å²) in [5.41, 5.74) is 6.49. The second-order valence-electron chi connectivity index (χ2n) is 10.1. The van der Waals surface area contributed by atoms with Crippen molar-refractivity contribution in [3.8, 4) is 11.3 Å². The Balaban J connectivity index is 1.42. The van der Waals surface area contributed by atoms with Crippen molar-refractivity contribution in [3.05, 3.63) is 80.1 Å². The van der Waals surface area contributed by atoms with Gasteiger partial charge in [-0.3, -0.25) is 4.79 Å². The Kier molecular flexibility index (Phi) is 6.99. The highest BCUT2D eigenvalue weighted by Gasteiger charge is 2.26. The lowest BCUT2D eigenvalue weighted by Crippen LogP contribution is -2.37. The van der Waals surface area contributed by atoms with Gasteiger partial charge in [0.15, 0.2) is 5.43 Å². The van der Waals surface area contributed by atoms with Crippen LogP contribution in [0.5, 0.6) is 0 Å². The predicted octanol–water partition coefficient (Wildman–Crippen LogP) is 4.19. The van der Waals surface area contributed by atoms with Gasteiger partial charge in [0, 0.05) is 29.7 Å². The van der Waals surface area contributed by atoms with Crippen molar-refractivity contribution in [2.45, 2.75) is 26.8 Å². The first-order valence-corrected chi connectivity index (χ1v) is 13.5. The summed E-state index contributed by atoms with van der Waals surface area (Å²) in [5, 5.41) is 18.3. The maximum atomic E-state index is 13.5. The lowest BCUT2D eigenvalue weighted by molar-refractivity contribution is 0.120. The van der Waals surface area contributed by atoms with E-state index in [1.54, 1.807) is 18.3 Å². The standard InChI is InChI=1S/C29H28BClN4O5/c1-16-12-21(28-22(13-16)27(36)17(2)29(39-28)35-8-10-38-11-9-35)18(3)33-24-6-7-25(31)34-26(24)19-4-5-23-20(14-19)15-32-40-30(23)37/h4-7,12-15,18,33,37H,8-11H2,1-3H3/t18-/m0/s1. The van der Waals surface area contributed by atoms with Crippen LogP contribution < -0.4 is 21.1 Å². The summed E-state index contributed by atoms with van der Waals surface area (Å²) in [6.07, 6.45) is 1.56. The highest BCUT2D eigenvalue weighted by atomic mass is 35.5.